The molecule has 0 aromatic heterocycles. The van der Waals surface area contributed by atoms with E-state index < -0.39 is 11.8 Å². The Morgan fingerprint density at radius 3 is 2.48 bits per heavy atom. The van der Waals surface area contributed by atoms with Crippen LogP contribution in [0.5, 0.6) is 11.5 Å². The molecule has 2 aromatic rings. The molecule has 166 valence electrons. The normalized spacial score (nSPS) is 10.7. The highest BCUT2D eigenvalue weighted by atomic mass is 35.5. The SMILES string of the molecule is CCCCNC(=O)C(=O)N/N=C\c1cc(Cl)c(OCc2ccc(Cl)cc2)c(OCC)c1. The van der Waals surface area contributed by atoms with Gasteiger partial charge in [0.25, 0.3) is 0 Å². The Kier molecular flexibility index (Phi) is 10.1. The summed E-state index contributed by atoms with van der Waals surface area (Å²) in [6.45, 7) is 4.97. The number of rotatable bonds is 10. The molecule has 0 aliphatic rings. The van der Waals surface area contributed by atoms with Crippen LogP contribution in [0.3, 0.4) is 0 Å². The maximum atomic E-state index is 11.7. The summed E-state index contributed by atoms with van der Waals surface area (Å²) in [6.07, 6.45) is 3.09. The van der Waals surface area contributed by atoms with E-state index in [0.717, 1.165) is 18.4 Å². The molecule has 0 bridgehead atoms. The van der Waals surface area contributed by atoms with Crippen LogP contribution in [0, 0.1) is 0 Å². The van der Waals surface area contributed by atoms with Crippen molar-refractivity contribution in [2.45, 2.75) is 33.3 Å². The molecule has 9 heteroatoms. The molecule has 0 fully saturated rings. The maximum absolute atomic E-state index is 11.7. The van der Waals surface area contributed by atoms with E-state index in [9.17, 15) is 9.59 Å². The van der Waals surface area contributed by atoms with Gasteiger partial charge in [0.05, 0.1) is 17.8 Å². The van der Waals surface area contributed by atoms with Crippen LogP contribution in [-0.2, 0) is 16.2 Å². The average Bonchev–Trinajstić information content (AvgIpc) is 2.74. The van der Waals surface area contributed by atoms with Gasteiger partial charge in [-0.2, -0.15) is 5.10 Å². The second-order valence-electron chi connectivity index (χ2n) is 6.49. The highest BCUT2D eigenvalue weighted by Gasteiger charge is 2.14. The number of hydrazone groups is 1. The molecule has 0 radical (unpaired) electrons. The van der Waals surface area contributed by atoms with Crippen molar-refractivity contribution in [3.8, 4) is 11.5 Å². The number of hydrogen-bond acceptors (Lipinski definition) is 5. The summed E-state index contributed by atoms with van der Waals surface area (Å²) in [7, 11) is 0. The lowest BCUT2D eigenvalue weighted by Gasteiger charge is -2.14. The molecule has 2 amide bonds. The molecule has 31 heavy (non-hydrogen) atoms. The monoisotopic (exact) mass is 465 g/mol. The Balaban J connectivity index is 2.04. The van der Waals surface area contributed by atoms with Crippen molar-refractivity contribution in [2.24, 2.45) is 5.10 Å². The van der Waals surface area contributed by atoms with Crippen LogP contribution in [0.4, 0.5) is 0 Å². The number of benzene rings is 2. The molecule has 0 saturated heterocycles. The fraction of sp³-hybridized carbons (Fsp3) is 0.318. The van der Waals surface area contributed by atoms with Crippen molar-refractivity contribution in [1.82, 2.24) is 10.7 Å². The van der Waals surface area contributed by atoms with Crippen LogP contribution < -0.4 is 20.2 Å². The summed E-state index contributed by atoms with van der Waals surface area (Å²) in [5.41, 5.74) is 3.68. The van der Waals surface area contributed by atoms with Crippen molar-refractivity contribution in [3.63, 3.8) is 0 Å². The zero-order valence-electron chi connectivity index (χ0n) is 17.4. The first-order valence-corrected chi connectivity index (χ1v) is 10.6. The lowest BCUT2D eigenvalue weighted by atomic mass is 10.2. The van der Waals surface area contributed by atoms with Gasteiger partial charge < -0.3 is 14.8 Å². The molecule has 0 atom stereocenters. The quantitative estimate of drug-likeness (QED) is 0.236. The van der Waals surface area contributed by atoms with Crippen LogP contribution in [0.25, 0.3) is 0 Å². The van der Waals surface area contributed by atoms with E-state index in [0.29, 0.717) is 40.3 Å². The number of carbonyl (C=O) groups is 2. The van der Waals surface area contributed by atoms with Crippen LogP contribution in [-0.4, -0.2) is 31.2 Å². The number of nitrogens with zero attached hydrogens (tertiary/aromatic N) is 1. The first kappa shape index (κ1) is 24.5. The lowest BCUT2D eigenvalue weighted by molar-refractivity contribution is -0.139. The largest absolute Gasteiger partial charge is 0.490 e. The predicted octanol–water partition coefficient (Wildman–Crippen LogP) is 4.34. The third-order valence-electron chi connectivity index (χ3n) is 4.03. The topological polar surface area (TPSA) is 89.0 Å². The van der Waals surface area contributed by atoms with Gasteiger partial charge in [-0.15, -0.1) is 0 Å². The van der Waals surface area contributed by atoms with Crippen molar-refractivity contribution in [2.75, 3.05) is 13.2 Å². The number of hydrogen-bond donors (Lipinski definition) is 2. The number of halogens is 2. The van der Waals surface area contributed by atoms with Gasteiger partial charge in [-0.3, -0.25) is 9.59 Å². The van der Waals surface area contributed by atoms with E-state index >= 15 is 0 Å². The Labute approximate surface area is 191 Å². The molecular formula is C22H25Cl2N3O4. The third-order valence-corrected chi connectivity index (χ3v) is 4.56. The van der Waals surface area contributed by atoms with Gasteiger partial charge in [0.2, 0.25) is 0 Å². The minimum Gasteiger partial charge on any atom is -0.490 e. The van der Waals surface area contributed by atoms with Gasteiger partial charge >= 0.3 is 11.8 Å². The predicted molar refractivity (Wildman–Crippen MR) is 122 cm³/mol. The minimum atomic E-state index is -0.841. The van der Waals surface area contributed by atoms with Gasteiger partial charge in [-0.05, 0) is 48.7 Å². The first-order valence-electron chi connectivity index (χ1n) is 9.89. The third kappa shape index (κ3) is 8.11. The number of nitrogens with one attached hydrogen (secondary N) is 2. The van der Waals surface area contributed by atoms with Crippen molar-refractivity contribution in [3.05, 3.63) is 57.6 Å². The number of ether oxygens (including phenoxy) is 2. The van der Waals surface area contributed by atoms with Crippen molar-refractivity contribution >= 4 is 41.2 Å². The number of amides is 2. The number of carbonyl (C=O) groups excluding carboxylic acids is 2. The molecule has 0 spiro atoms. The highest BCUT2D eigenvalue weighted by Crippen LogP contribution is 2.37. The average molecular weight is 466 g/mol. The Morgan fingerprint density at radius 1 is 1.06 bits per heavy atom. The molecule has 0 aliphatic carbocycles. The van der Waals surface area contributed by atoms with Gasteiger partial charge in [0, 0.05) is 11.6 Å². The summed E-state index contributed by atoms with van der Waals surface area (Å²) in [5.74, 6) is -0.736. The Hall–Kier alpha value is -2.77. The first-order chi connectivity index (χ1) is 14.9. The van der Waals surface area contributed by atoms with Crippen molar-refractivity contribution < 1.29 is 19.1 Å². The molecule has 2 rings (SSSR count). The van der Waals surface area contributed by atoms with Crippen LogP contribution in [0.1, 0.15) is 37.8 Å². The molecule has 0 heterocycles. The van der Waals surface area contributed by atoms with E-state index in [4.69, 9.17) is 32.7 Å². The van der Waals surface area contributed by atoms with E-state index in [1.165, 1.54) is 6.21 Å². The zero-order chi connectivity index (χ0) is 22.6. The van der Waals surface area contributed by atoms with Crippen molar-refractivity contribution in [1.29, 1.82) is 0 Å². The van der Waals surface area contributed by atoms with Crippen LogP contribution in [0.2, 0.25) is 10.0 Å². The fourth-order valence-electron chi connectivity index (χ4n) is 2.48. The van der Waals surface area contributed by atoms with E-state index in [-0.39, 0.29) is 6.61 Å². The van der Waals surface area contributed by atoms with Gasteiger partial charge in [-0.25, -0.2) is 5.43 Å². The highest BCUT2D eigenvalue weighted by molar-refractivity contribution is 6.35. The van der Waals surface area contributed by atoms with Crippen LogP contribution >= 0.6 is 23.2 Å². The smallest absolute Gasteiger partial charge is 0.329 e. The van der Waals surface area contributed by atoms with E-state index in [1.807, 2.05) is 26.0 Å². The molecule has 0 unspecified atom stereocenters. The molecule has 2 N–H and O–H groups in total. The zero-order valence-corrected chi connectivity index (χ0v) is 18.9. The standard InChI is InChI=1S/C22H25Cl2N3O4/c1-3-5-10-25-21(28)22(29)27-26-13-16-11-18(24)20(19(12-16)30-4-2)31-14-15-6-8-17(23)9-7-15/h6-9,11-13H,3-5,10,14H2,1-2H3,(H,25,28)(H,27,29)/b26-13-. The molecule has 0 aliphatic heterocycles. The summed E-state index contributed by atoms with van der Waals surface area (Å²) in [4.78, 5) is 23.4. The summed E-state index contributed by atoms with van der Waals surface area (Å²) < 4.78 is 11.5. The summed E-state index contributed by atoms with van der Waals surface area (Å²) in [5, 5.41) is 7.30. The Morgan fingerprint density at radius 2 is 1.81 bits per heavy atom. The Bertz CT molecular complexity index is 918. The molecule has 2 aromatic carbocycles. The summed E-state index contributed by atoms with van der Waals surface area (Å²) >= 11 is 12.3. The number of unbranched alkanes of at least 4 members (excludes halogenated alkanes) is 1. The van der Waals surface area contributed by atoms with Crippen LogP contribution in [0.15, 0.2) is 41.5 Å². The fourth-order valence-corrected chi connectivity index (χ4v) is 2.88. The van der Waals surface area contributed by atoms with E-state index in [1.54, 1.807) is 24.3 Å². The molecule has 7 nitrogen and oxygen atoms in total. The van der Waals surface area contributed by atoms with Gasteiger partial charge in [0.15, 0.2) is 11.5 Å². The molecular weight excluding hydrogens is 441 g/mol. The van der Waals surface area contributed by atoms with Gasteiger partial charge in [-0.1, -0.05) is 48.7 Å². The van der Waals surface area contributed by atoms with Gasteiger partial charge in [0.1, 0.15) is 6.61 Å². The second-order valence-corrected chi connectivity index (χ2v) is 7.33. The second kappa shape index (κ2) is 12.8. The van der Waals surface area contributed by atoms with E-state index in [2.05, 4.69) is 15.8 Å². The molecule has 0 saturated carbocycles. The maximum Gasteiger partial charge on any atom is 0.329 e. The minimum absolute atomic E-state index is 0.285. The lowest BCUT2D eigenvalue weighted by Crippen LogP contribution is -2.38. The summed E-state index contributed by atoms with van der Waals surface area (Å²) in [6, 6.07) is 10.6.